The largest absolute Gasteiger partial charge is 0.387 e. The maximum Gasteiger partial charge on any atom is 0.0917 e. The van der Waals surface area contributed by atoms with Crippen LogP contribution < -0.4 is 0 Å². The fraction of sp³-hybridized carbons (Fsp3) is 0.647. The van der Waals surface area contributed by atoms with Crippen LogP contribution in [0.2, 0.25) is 0 Å². The molecule has 2 nitrogen and oxygen atoms in total. The summed E-state index contributed by atoms with van der Waals surface area (Å²) in [5.41, 5.74) is 1.04. The average Bonchev–Trinajstić information content (AvgIpc) is 2.92. The van der Waals surface area contributed by atoms with E-state index in [-0.39, 0.29) is 6.10 Å². The summed E-state index contributed by atoms with van der Waals surface area (Å²) >= 11 is 0. The molecule has 1 aromatic rings. The highest BCUT2D eigenvalue weighted by Gasteiger charge is 2.25. The molecule has 0 aliphatic heterocycles. The zero-order chi connectivity index (χ0) is 13.7. The molecule has 1 aromatic carbocycles. The molecular formula is C17H27NO. The van der Waals surface area contributed by atoms with Crippen molar-refractivity contribution in [1.82, 2.24) is 4.90 Å². The van der Waals surface area contributed by atoms with Gasteiger partial charge in [-0.1, -0.05) is 57.0 Å². The Morgan fingerprint density at radius 1 is 1.11 bits per heavy atom. The van der Waals surface area contributed by atoms with Crippen molar-refractivity contribution in [2.45, 2.75) is 51.7 Å². The van der Waals surface area contributed by atoms with Crippen molar-refractivity contribution >= 4 is 0 Å². The van der Waals surface area contributed by atoms with Gasteiger partial charge in [0.2, 0.25) is 0 Å². The van der Waals surface area contributed by atoms with E-state index in [1.165, 1.54) is 25.7 Å². The number of hydrogen-bond acceptors (Lipinski definition) is 2. The second-order valence-corrected chi connectivity index (χ2v) is 6.21. The van der Waals surface area contributed by atoms with Crippen molar-refractivity contribution < 1.29 is 5.11 Å². The third-order valence-electron chi connectivity index (χ3n) is 4.03. The van der Waals surface area contributed by atoms with Crippen LogP contribution in [0.4, 0.5) is 0 Å². The van der Waals surface area contributed by atoms with Gasteiger partial charge in [0.25, 0.3) is 0 Å². The molecule has 1 unspecified atom stereocenters. The highest BCUT2D eigenvalue weighted by molar-refractivity contribution is 5.17. The Morgan fingerprint density at radius 2 is 1.74 bits per heavy atom. The van der Waals surface area contributed by atoms with Crippen molar-refractivity contribution in [2.24, 2.45) is 5.92 Å². The number of aliphatic hydroxyl groups is 1. The molecule has 1 aliphatic rings. The molecule has 0 saturated heterocycles. The van der Waals surface area contributed by atoms with Crippen molar-refractivity contribution in [2.75, 3.05) is 13.1 Å². The molecule has 2 rings (SSSR count). The van der Waals surface area contributed by atoms with Gasteiger partial charge in [-0.15, -0.1) is 0 Å². The highest BCUT2D eigenvalue weighted by atomic mass is 16.3. The molecule has 0 aromatic heterocycles. The predicted octanol–water partition coefficient (Wildman–Crippen LogP) is 3.62. The summed E-state index contributed by atoms with van der Waals surface area (Å²) in [4.78, 5) is 2.51. The van der Waals surface area contributed by atoms with Gasteiger partial charge in [0, 0.05) is 19.1 Å². The summed E-state index contributed by atoms with van der Waals surface area (Å²) < 4.78 is 0. The Kier molecular flexibility index (Phi) is 5.41. The van der Waals surface area contributed by atoms with Gasteiger partial charge < -0.3 is 5.11 Å². The zero-order valence-electron chi connectivity index (χ0n) is 12.3. The van der Waals surface area contributed by atoms with Gasteiger partial charge in [-0.2, -0.15) is 0 Å². The molecule has 1 aliphatic carbocycles. The Labute approximate surface area is 117 Å². The van der Waals surface area contributed by atoms with Crippen molar-refractivity contribution in [3.63, 3.8) is 0 Å². The minimum Gasteiger partial charge on any atom is -0.387 e. The van der Waals surface area contributed by atoms with E-state index >= 15 is 0 Å². The topological polar surface area (TPSA) is 23.5 Å². The lowest BCUT2D eigenvalue weighted by atomic mass is 10.1. The predicted molar refractivity (Wildman–Crippen MR) is 80.1 cm³/mol. The van der Waals surface area contributed by atoms with Crippen molar-refractivity contribution in [1.29, 1.82) is 0 Å². The SMILES string of the molecule is CC(C)CN(CC(O)c1ccccc1)C1CCCC1. The Morgan fingerprint density at radius 3 is 2.32 bits per heavy atom. The molecule has 0 amide bonds. The van der Waals surface area contributed by atoms with Crippen LogP contribution in [0.25, 0.3) is 0 Å². The van der Waals surface area contributed by atoms with E-state index in [1.807, 2.05) is 30.3 Å². The van der Waals surface area contributed by atoms with E-state index in [9.17, 15) is 5.11 Å². The summed E-state index contributed by atoms with van der Waals surface area (Å²) in [6.45, 7) is 6.38. The number of aliphatic hydroxyl groups excluding tert-OH is 1. The molecule has 0 spiro atoms. The smallest absolute Gasteiger partial charge is 0.0917 e. The fourth-order valence-electron chi connectivity index (χ4n) is 3.11. The summed E-state index contributed by atoms with van der Waals surface area (Å²) in [5.74, 6) is 0.656. The quantitative estimate of drug-likeness (QED) is 0.845. The van der Waals surface area contributed by atoms with E-state index in [4.69, 9.17) is 0 Å². The summed E-state index contributed by atoms with van der Waals surface area (Å²) in [6, 6.07) is 10.7. The lowest BCUT2D eigenvalue weighted by molar-refractivity contribution is 0.0796. The summed E-state index contributed by atoms with van der Waals surface area (Å²) in [7, 11) is 0. The summed E-state index contributed by atoms with van der Waals surface area (Å²) in [5, 5.41) is 10.4. The van der Waals surface area contributed by atoms with Crippen LogP contribution in [0.5, 0.6) is 0 Å². The third-order valence-corrected chi connectivity index (χ3v) is 4.03. The third kappa shape index (κ3) is 4.32. The lowest BCUT2D eigenvalue weighted by Crippen LogP contribution is -2.39. The molecule has 1 fully saturated rings. The van der Waals surface area contributed by atoms with Gasteiger partial charge in [-0.25, -0.2) is 0 Å². The van der Waals surface area contributed by atoms with Gasteiger partial charge in [0.1, 0.15) is 0 Å². The maximum atomic E-state index is 10.4. The van der Waals surface area contributed by atoms with E-state index < -0.39 is 0 Å². The Balaban J connectivity index is 1.98. The molecule has 1 atom stereocenters. The first-order chi connectivity index (χ1) is 9.16. The number of benzene rings is 1. The van der Waals surface area contributed by atoms with Crippen LogP contribution >= 0.6 is 0 Å². The second-order valence-electron chi connectivity index (χ2n) is 6.21. The molecule has 106 valence electrons. The van der Waals surface area contributed by atoms with Crippen LogP contribution in [0.3, 0.4) is 0 Å². The number of hydrogen-bond donors (Lipinski definition) is 1. The first-order valence-electron chi connectivity index (χ1n) is 7.64. The number of rotatable bonds is 6. The molecule has 0 radical (unpaired) electrons. The monoisotopic (exact) mass is 261 g/mol. The maximum absolute atomic E-state index is 10.4. The zero-order valence-corrected chi connectivity index (χ0v) is 12.3. The molecule has 19 heavy (non-hydrogen) atoms. The van der Waals surface area contributed by atoms with E-state index in [0.29, 0.717) is 12.0 Å². The van der Waals surface area contributed by atoms with Crippen LogP contribution in [-0.2, 0) is 0 Å². The van der Waals surface area contributed by atoms with Crippen LogP contribution in [0.15, 0.2) is 30.3 Å². The van der Waals surface area contributed by atoms with Gasteiger partial charge in [0.05, 0.1) is 6.10 Å². The van der Waals surface area contributed by atoms with Crippen molar-refractivity contribution in [3.05, 3.63) is 35.9 Å². The van der Waals surface area contributed by atoms with Gasteiger partial charge >= 0.3 is 0 Å². The number of nitrogens with zero attached hydrogens (tertiary/aromatic N) is 1. The van der Waals surface area contributed by atoms with E-state index in [2.05, 4.69) is 18.7 Å². The Bertz CT molecular complexity index is 357. The van der Waals surface area contributed by atoms with Crippen LogP contribution in [-0.4, -0.2) is 29.1 Å². The van der Waals surface area contributed by atoms with E-state index in [0.717, 1.165) is 18.7 Å². The molecule has 0 heterocycles. The van der Waals surface area contributed by atoms with E-state index in [1.54, 1.807) is 0 Å². The van der Waals surface area contributed by atoms with Crippen molar-refractivity contribution in [3.8, 4) is 0 Å². The fourth-order valence-corrected chi connectivity index (χ4v) is 3.11. The lowest BCUT2D eigenvalue weighted by Gasteiger charge is -2.32. The molecule has 1 saturated carbocycles. The standard InChI is InChI=1S/C17H27NO/c1-14(2)12-18(16-10-6-7-11-16)13-17(19)15-8-4-3-5-9-15/h3-5,8-9,14,16-17,19H,6-7,10-13H2,1-2H3. The van der Waals surface area contributed by atoms with Crippen LogP contribution in [0, 0.1) is 5.92 Å². The first kappa shape index (κ1) is 14.5. The Hall–Kier alpha value is -0.860. The first-order valence-corrected chi connectivity index (χ1v) is 7.64. The summed E-state index contributed by atoms with van der Waals surface area (Å²) in [6.07, 6.45) is 4.93. The molecule has 1 N–H and O–H groups in total. The second kappa shape index (κ2) is 7.06. The average molecular weight is 261 g/mol. The van der Waals surface area contributed by atoms with Gasteiger partial charge in [-0.3, -0.25) is 4.90 Å². The minimum absolute atomic E-state index is 0.361. The molecule has 2 heteroatoms. The van der Waals surface area contributed by atoms with Gasteiger partial charge in [0.15, 0.2) is 0 Å². The normalized spacial score (nSPS) is 18.4. The molecule has 0 bridgehead atoms. The molecular weight excluding hydrogens is 234 g/mol. The van der Waals surface area contributed by atoms with Crippen LogP contribution in [0.1, 0.15) is 51.2 Å². The van der Waals surface area contributed by atoms with Gasteiger partial charge in [-0.05, 0) is 24.3 Å². The highest BCUT2D eigenvalue weighted by Crippen LogP contribution is 2.26. The minimum atomic E-state index is -0.361.